The van der Waals surface area contributed by atoms with E-state index < -0.39 is 23.3 Å². The van der Waals surface area contributed by atoms with Gasteiger partial charge in [-0.1, -0.05) is 12.1 Å². The number of carbonyl (C=O) groups excluding carboxylic acids is 2. The van der Waals surface area contributed by atoms with Gasteiger partial charge in [-0.25, -0.2) is 9.78 Å². The van der Waals surface area contributed by atoms with Gasteiger partial charge in [0.2, 0.25) is 0 Å². The van der Waals surface area contributed by atoms with Crippen molar-refractivity contribution in [2.24, 2.45) is 5.73 Å². The third-order valence-electron chi connectivity index (χ3n) is 7.19. The summed E-state index contributed by atoms with van der Waals surface area (Å²) >= 11 is 1.46. The second-order valence-corrected chi connectivity index (χ2v) is 10.3. The number of rotatable bonds is 7. The molecule has 0 spiro atoms. The third kappa shape index (κ3) is 5.16. The van der Waals surface area contributed by atoms with Crippen molar-refractivity contribution in [3.05, 3.63) is 52.0 Å². The minimum absolute atomic E-state index is 0.0479. The zero-order chi connectivity index (χ0) is 25.4. The number of nitrogens with two attached hydrogens (primary N) is 1. The number of primary amides is 1. The van der Waals surface area contributed by atoms with E-state index in [1.165, 1.54) is 23.5 Å². The smallest absolute Gasteiger partial charge is 0.421 e. The number of amides is 2. The van der Waals surface area contributed by atoms with E-state index >= 15 is 0 Å². The lowest BCUT2D eigenvalue weighted by molar-refractivity contribution is -0.258. The van der Waals surface area contributed by atoms with E-state index in [9.17, 15) is 27.9 Å². The van der Waals surface area contributed by atoms with Crippen LogP contribution < -0.4 is 5.73 Å². The number of hydrogen-bond acceptors (Lipinski definition) is 6. The van der Waals surface area contributed by atoms with Crippen LogP contribution in [-0.2, 0) is 15.8 Å². The first kappa shape index (κ1) is 25.4. The molecule has 0 radical (unpaired) electrons. The molecule has 2 aliphatic rings. The molecule has 3 N–H and O–H groups in total. The standard InChI is InChI=1S/C24H28F3N3O4S/c1-22(33,24(25,26)27)16-4-2-15(3-5-16)20(31)30(17-6-7-17)18-8-10-23(11-9-18,13-34-21(28)32)19-12-35-14-29-19/h2-5,12,14,17-18,33H,6-11,13H2,1H3,(H2,28,32). The van der Waals surface area contributed by atoms with Crippen LogP contribution >= 0.6 is 11.3 Å². The maximum absolute atomic E-state index is 13.4. The molecule has 35 heavy (non-hydrogen) atoms. The number of hydrogen-bond donors (Lipinski definition) is 2. The average molecular weight is 512 g/mol. The Hall–Kier alpha value is -2.66. The fourth-order valence-corrected chi connectivity index (χ4v) is 5.50. The Bertz CT molecular complexity index is 1040. The Labute approximate surface area is 205 Å². The van der Waals surface area contributed by atoms with Crippen molar-refractivity contribution in [1.82, 2.24) is 9.88 Å². The summed E-state index contributed by atoms with van der Waals surface area (Å²) in [4.78, 5) is 31.0. The summed E-state index contributed by atoms with van der Waals surface area (Å²) in [6.07, 6.45) is -1.27. The number of nitrogens with zero attached hydrogens (tertiary/aromatic N) is 2. The molecule has 2 aromatic rings. The van der Waals surface area contributed by atoms with Crippen molar-refractivity contribution in [3.63, 3.8) is 0 Å². The van der Waals surface area contributed by atoms with Crippen LogP contribution in [0.25, 0.3) is 0 Å². The van der Waals surface area contributed by atoms with E-state index in [-0.39, 0.29) is 35.7 Å². The lowest BCUT2D eigenvalue weighted by Crippen LogP contribution is -2.48. The topological polar surface area (TPSA) is 106 Å². The molecule has 0 bridgehead atoms. The van der Waals surface area contributed by atoms with Crippen LogP contribution in [0.4, 0.5) is 18.0 Å². The van der Waals surface area contributed by atoms with E-state index in [0.717, 1.165) is 30.7 Å². The van der Waals surface area contributed by atoms with Crippen LogP contribution in [0.3, 0.4) is 0 Å². The molecule has 1 aromatic heterocycles. The molecule has 0 saturated heterocycles. The second kappa shape index (κ2) is 9.42. The van der Waals surface area contributed by atoms with Crippen LogP contribution in [0.15, 0.2) is 35.2 Å². The highest BCUT2D eigenvalue weighted by atomic mass is 32.1. The molecule has 1 atom stereocenters. The predicted molar refractivity (Wildman–Crippen MR) is 123 cm³/mol. The van der Waals surface area contributed by atoms with Gasteiger partial charge in [0, 0.05) is 28.4 Å². The number of aromatic nitrogens is 1. The van der Waals surface area contributed by atoms with Gasteiger partial charge in [0.1, 0.15) is 6.61 Å². The van der Waals surface area contributed by atoms with Crippen molar-refractivity contribution in [1.29, 1.82) is 0 Å². The Kier molecular flexibility index (Phi) is 6.85. The third-order valence-corrected chi connectivity index (χ3v) is 7.78. The maximum atomic E-state index is 13.4. The Balaban J connectivity index is 1.50. The van der Waals surface area contributed by atoms with Gasteiger partial charge in [-0.05, 0) is 63.1 Å². The van der Waals surface area contributed by atoms with Crippen LogP contribution in [0.2, 0.25) is 0 Å². The van der Waals surface area contributed by atoms with E-state index in [4.69, 9.17) is 10.5 Å². The number of carbonyl (C=O) groups is 2. The van der Waals surface area contributed by atoms with E-state index in [1.54, 1.807) is 5.51 Å². The first-order valence-electron chi connectivity index (χ1n) is 11.5. The summed E-state index contributed by atoms with van der Waals surface area (Å²) in [7, 11) is 0. The zero-order valence-electron chi connectivity index (χ0n) is 19.3. The van der Waals surface area contributed by atoms with Crippen LogP contribution in [0, 0.1) is 0 Å². The zero-order valence-corrected chi connectivity index (χ0v) is 20.1. The number of alkyl halides is 3. The van der Waals surface area contributed by atoms with E-state index in [2.05, 4.69) is 4.98 Å². The number of thiazole rings is 1. The highest BCUT2D eigenvalue weighted by Crippen LogP contribution is 2.44. The van der Waals surface area contributed by atoms with Gasteiger partial charge in [0.05, 0.1) is 11.2 Å². The fourth-order valence-electron chi connectivity index (χ4n) is 4.82. The van der Waals surface area contributed by atoms with Gasteiger partial charge in [0.15, 0.2) is 5.60 Å². The number of ether oxygens (including phenoxy) is 1. The van der Waals surface area contributed by atoms with Crippen molar-refractivity contribution in [2.45, 2.75) is 74.7 Å². The molecule has 1 unspecified atom stereocenters. The number of benzene rings is 1. The maximum Gasteiger partial charge on any atom is 0.421 e. The van der Waals surface area contributed by atoms with Crippen LogP contribution in [0.5, 0.6) is 0 Å². The molecule has 2 aliphatic carbocycles. The molecule has 7 nitrogen and oxygen atoms in total. The summed E-state index contributed by atoms with van der Waals surface area (Å²) in [6.45, 7) is 0.815. The molecular formula is C24H28F3N3O4S. The highest BCUT2D eigenvalue weighted by molar-refractivity contribution is 7.07. The number of halogens is 3. The molecule has 2 amide bonds. The summed E-state index contributed by atoms with van der Waals surface area (Å²) in [5.74, 6) is -0.231. The van der Waals surface area contributed by atoms with E-state index in [0.29, 0.717) is 32.6 Å². The number of aliphatic hydroxyl groups is 1. The Morgan fingerprint density at radius 3 is 2.26 bits per heavy atom. The normalized spacial score (nSPS) is 24.4. The largest absolute Gasteiger partial charge is 0.449 e. The highest BCUT2D eigenvalue weighted by Gasteiger charge is 2.51. The summed E-state index contributed by atoms with van der Waals surface area (Å²) in [5.41, 5.74) is 4.28. The molecular weight excluding hydrogens is 483 g/mol. The molecule has 2 saturated carbocycles. The molecule has 4 rings (SSSR count). The van der Waals surface area contributed by atoms with Crippen LogP contribution in [-0.4, -0.2) is 51.9 Å². The van der Waals surface area contributed by atoms with Gasteiger partial charge in [-0.3, -0.25) is 4.79 Å². The molecule has 190 valence electrons. The molecule has 1 aromatic carbocycles. The first-order valence-corrected chi connectivity index (χ1v) is 12.4. The van der Waals surface area contributed by atoms with E-state index in [1.807, 2.05) is 10.3 Å². The van der Waals surface area contributed by atoms with Gasteiger partial charge in [-0.15, -0.1) is 11.3 Å². The second-order valence-electron chi connectivity index (χ2n) is 9.58. The van der Waals surface area contributed by atoms with Crippen molar-refractivity contribution in [3.8, 4) is 0 Å². The van der Waals surface area contributed by atoms with Crippen molar-refractivity contribution < 1.29 is 32.6 Å². The lowest BCUT2D eigenvalue weighted by Gasteiger charge is -2.42. The Morgan fingerprint density at radius 1 is 1.17 bits per heavy atom. The van der Waals surface area contributed by atoms with Gasteiger partial charge < -0.3 is 20.5 Å². The summed E-state index contributed by atoms with van der Waals surface area (Å²) in [5, 5.41) is 11.8. The predicted octanol–water partition coefficient (Wildman–Crippen LogP) is 4.49. The summed E-state index contributed by atoms with van der Waals surface area (Å²) in [6, 6.07) is 5.04. The van der Waals surface area contributed by atoms with Crippen molar-refractivity contribution >= 4 is 23.3 Å². The molecule has 11 heteroatoms. The van der Waals surface area contributed by atoms with Gasteiger partial charge in [0.25, 0.3) is 5.91 Å². The molecule has 2 fully saturated rings. The first-order chi connectivity index (χ1) is 16.4. The van der Waals surface area contributed by atoms with Crippen LogP contribution in [0.1, 0.15) is 67.1 Å². The fraction of sp³-hybridized carbons (Fsp3) is 0.542. The summed E-state index contributed by atoms with van der Waals surface area (Å²) < 4.78 is 44.7. The minimum Gasteiger partial charge on any atom is -0.449 e. The lowest BCUT2D eigenvalue weighted by atomic mass is 9.70. The Morgan fingerprint density at radius 2 is 1.77 bits per heavy atom. The van der Waals surface area contributed by atoms with Gasteiger partial charge in [-0.2, -0.15) is 13.2 Å². The molecule has 1 heterocycles. The molecule has 0 aliphatic heterocycles. The van der Waals surface area contributed by atoms with Gasteiger partial charge >= 0.3 is 12.3 Å². The minimum atomic E-state index is -4.83. The van der Waals surface area contributed by atoms with Crippen molar-refractivity contribution in [2.75, 3.05) is 6.61 Å². The SMILES string of the molecule is CC(O)(c1ccc(C(=O)N(C2CC2)C2CCC(COC(N)=O)(c3cscn3)CC2)cc1)C(F)(F)F. The quantitative estimate of drug-likeness (QED) is 0.570. The average Bonchev–Trinajstić information content (AvgIpc) is 3.48. The monoisotopic (exact) mass is 511 g/mol.